The number of rotatable bonds is 11. The highest BCUT2D eigenvalue weighted by molar-refractivity contribution is 6.32. The van der Waals surface area contributed by atoms with Crippen LogP contribution in [0.4, 0.5) is 10.5 Å². The van der Waals surface area contributed by atoms with E-state index in [1.807, 2.05) is 50.3 Å². The molecule has 4 N–H and O–H groups in total. The molecule has 0 aliphatic heterocycles. The van der Waals surface area contributed by atoms with Crippen molar-refractivity contribution in [3.05, 3.63) is 60.2 Å². The van der Waals surface area contributed by atoms with Gasteiger partial charge in [0.2, 0.25) is 11.8 Å². The third-order valence-corrected chi connectivity index (χ3v) is 5.12. The summed E-state index contributed by atoms with van der Waals surface area (Å²) in [6, 6.07) is 14.3. The van der Waals surface area contributed by atoms with Gasteiger partial charge in [-0.3, -0.25) is 14.4 Å². The fraction of sp³-hybridized carbons (Fsp3) is 0.333. The molecule has 2 rings (SSSR count). The van der Waals surface area contributed by atoms with Crippen molar-refractivity contribution in [2.75, 3.05) is 25.5 Å². The van der Waals surface area contributed by atoms with E-state index in [4.69, 9.17) is 0 Å². The highest BCUT2D eigenvalue weighted by Crippen LogP contribution is 2.07. The summed E-state index contributed by atoms with van der Waals surface area (Å²) in [6.07, 6.45) is -0.749. The second-order valence-electron chi connectivity index (χ2n) is 8.17. The van der Waals surface area contributed by atoms with E-state index in [-0.39, 0.29) is 24.8 Å². The van der Waals surface area contributed by atoms with Crippen molar-refractivity contribution in [1.82, 2.24) is 16.0 Å². The van der Waals surface area contributed by atoms with E-state index in [0.717, 1.165) is 11.2 Å². The Morgan fingerprint density at radius 3 is 2.15 bits per heavy atom. The number of hydrogen-bond acceptors (Lipinski definition) is 6. The lowest BCUT2D eigenvalue weighted by molar-refractivity contribution is -0.130. The van der Waals surface area contributed by atoms with E-state index in [9.17, 15) is 19.2 Å². The van der Waals surface area contributed by atoms with E-state index >= 15 is 0 Å². The first-order valence-corrected chi connectivity index (χ1v) is 11.0. The summed E-state index contributed by atoms with van der Waals surface area (Å²) in [7, 11) is 3.12. The molecule has 10 heteroatoms. The van der Waals surface area contributed by atoms with Crippen LogP contribution < -0.4 is 26.7 Å². The molecule has 0 aliphatic rings. The van der Waals surface area contributed by atoms with Gasteiger partial charge in [-0.1, -0.05) is 61.8 Å². The molecule has 2 aromatic carbocycles. The van der Waals surface area contributed by atoms with Crippen molar-refractivity contribution < 1.29 is 23.9 Å². The number of carbonyl (C=O) groups is 4. The summed E-state index contributed by atoms with van der Waals surface area (Å²) in [4.78, 5) is 49.9. The van der Waals surface area contributed by atoms with Crippen molar-refractivity contribution in [3.8, 4) is 0 Å². The number of benzene rings is 2. The molecular weight excluding hydrogens is 435 g/mol. The van der Waals surface area contributed by atoms with Crippen LogP contribution in [0.1, 0.15) is 24.2 Å². The van der Waals surface area contributed by atoms with Gasteiger partial charge in [-0.15, -0.1) is 0 Å². The molecule has 0 saturated carbocycles. The summed E-state index contributed by atoms with van der Waals surface area (Å²) < 4.78 is 4.59. The molecule has 0 saturated heterocycles. The first kappa shape index (κ1) is 26.4. The number of para-hydroxylation sites is 1. The van der Waals surface area contributed by atoms with Gasteiger partial charge in [0.25, 0.3) is 0 Å². The van der Waals surface area contributed by atoms with Gasteiger partial charge in [-0.2, -0.15) is 0 Å². The molecule has 0 fully saturated rings. The number of ketones is 1. The largest absolute Gasteiger partial charge is 0.453 e. The molecule has 180 valence electrons. The standard InChI is InChI=1S/C24H31BN4O5/c1-15(2)21(29-24(33)34-3)23(32)28-19(13-26-18-7-5-4-6-8-18)22(31)27-14-20(30)16-9-11-17(25)12-10-16/h4-12,15,19,21,26H,13-14,25H2,1-3H3,(H,27,31)(H,28,32)(H,29,33)/t19-,21-/m0/s1. The summed E-state index contributed by atoms with van der Waals surface area (Å²) >= 11 is 0. The lowest BCUT2D eigenvalue weighted by Gasteiger charge is -2.25. The van der Waals surface area contributed by atoms with Crippen molar-refractivity contribution in [3.63, 3.8) is 0 Å². The zero-order chi connectivity index (χ0) is 25.1. The maximum absolute atomic E-state index is 12.9. The molecule has 34 heavy (non-hydrogen) atoms. The Labute approximate surface area is 200 Å². The predicted molar refractivity (Wildman–Crippen MR) is 133 cm³/mol. The van der Waals surface area contributed by atoms with Crippen LogP contribution in [0.5, 0.6) is 0 Å². The SMILES string of the molecule is Bc1ccc(C(=O)CNC(=O)[C@H](CNc2ccccc2)NC(=O)[C@@H](NC(=O)OC)C(C)C)cc1. The monoisotopic (exact) mass is 466 g/mol. The van der Waals surface area contributed by atoms with Crippen LogP contribution in [0.15, 0.2) is 54.6 Å². The fourth-order valence-corrected chi connectivity index (χ4v) is 3.10. The molecule has 0 heterocycles. The summed E-state index contributed by atoms with van der Waals surface area (Å²) in [6.45, 7) is 3.38. The number of carbonyl (C=O) groups excluding carboxylic acids is 4. The molecule has 0 bridgehead atoms. The lowest BCUT2D eigenvalue weighted by atomic mass is 9.94. The molecule has 0 spiro atoms. The van der Waals surface area contributed by atoms with Crippen molar-refractivity contribution in [2.45, 2.75) is 25.9 Å². The van der Waals surface area contributed by atoms with Crippen LogP contribution in [0.25, 0.3) is 0 Å². The fourth-order valence-electron chi connectivity index (χ4n) is 3.10. The van der Waals surface area contributed by atoms with E-state index in [0.29, 0.717) is 5.56 Å². The minimum Gasteiger partial charge on any atom is -0.453 e. The van der Waals surface area contributed by atoms with E-state index in [2.05, 4.69) is 26.0 Å². The zero-order valence-electron chi connectivity index (χ0n) is 19.9. The number of methoxy groups -OCH3 is 1. The van der Waals surface area contributed by atoms with E-state index in [1.54, 1.807) is 26.0 Å². The lowest BCUT2D eigenvalue weighted by Crippen LogP contribution is -2.57. The minimum absolute atomic E-state index is 0.0728. The third kappa shape index (κ3) is 8.27. The summed E-state index contributed by atoms with van der Waals surface area (Å²) in [5, 5.41) is 10.9. The molecule has 0 unspecified atom stereocenters. The average molecular weight is 466 g/mol. The van der Waals surface area contributed by atoms with Crippen LogP contribution in [0.2, 0.25) is 0 Å². The molecule has 9 nitrogen and oxygen atoms in total. The average Bonchev–Trinajstić information content (AvgIpc) is 2.83. The topological polar surface area (TPSA) is 126 Å². The number of nitrogens with one attached hydrogen (secondary N) is 4. The van der Waals surface area contributed by atoms with E-state index < -0.39 is 30.0 Å². The predicted octanol–water partition coefficient (Wildman–Crippen LogP) is 0.221. The number of alkyl carbamates (subject to hydrolysis) is 1. The van der Waals surface area contributed by atoms with Gasteiger partial charge >= 0.3 is 6.09 Å². The van der Waals surface area contributed by atoms with E-state index in [1.165, 1.54) is 7.11 Å². The smallest absolute Gasteiger partial charge is 0.407 e. The molecule has 2 atom stereocenters. The molecule has 0 aromatic heterocycles. The molecular formula is C24H31BN4O5. The van der Waals surface area contributed by atoms with Gasteiger partial charge in [-0.05, 0) is 18.1 Å². The van der Waals surface area contributed by atoms with Gasteiger partial charge in [-0.25, -0.2) is 4.79 Å². The van der Waals surface area contributed by atoms with Crippen LogP contribution in [-0.2, 0) is 14.3 Å². The zero-order valence-corrected chi connectivity index (χ0v) is 19.9. The Bertz CT molecular complexity index is 983. The number of anilines is 1. The van der Waals surface area contributed by atoms with Crippen LogP contribution in [0, 0.1) is 5.92 Å². The molecule has 3 amide bonds. The van der Waals surface area contributed by atoms with Gasteiger partial charge in [0, 0.05) is 17.8 Å². The number of amides is 3. The van der Waals surface area contributed by atoms with Crippen molar-refractivity contribution >= 4 is 42.7 Å². The Hall–Kier alpha value is -3.82. The van der Waals surface area contributed by atoms with Crippen molar-refractivity contribution in [1.29, 1.82) is 0 Å². The first-order chi connectivity index (χ1) is 16.2. The van der Waals surface area contributed by atoms with Crippen LogP contribution in [0.3, 0.4) is 0 Å². The van der Waals surface area contributed by atoms with Crippen molar-refractivity contribution in [2.24, 2.45) is 5.92 Å². The van der Waals surface area contributed by atoms with Crippen LogP contribution >= 0.6 is 0 Å². The molecule has 0 aliphatic carbocycles. The Kier molecular flexibility index (Phi) is 10.1. The highest BCUT2D eigenvalue weighted by atomic mass is 16.5. The number of hydrogen-bond donors (Lipinski definition) is 4. The Morgan fingerprint density at radius 1 is 0.912 bits per heavy atom. The molecule has 0 radical (unpaired) electrons. The van der Waals surface area contributed by atoms with Gasteiger partial charge in [0.05, 0.1) is 13.7 Å². The maximum atomic E-state index is 12.9. The number of ether oxygens (including phenoxy) is 1. The normalized spacial score (nSPS) is 12.2. The Morgan fingerprint density at radius 2 is 1.56 bits per heavy atom. The maximum Gasteiger partial charge on any atom is 0.407 e. The summed E-state index contributed by atoms with van der Waals surface area (Å²) in [5.41, 5.74) is 2.27. The second kappa shape index (κ2) is 13.0. The van der Waals surface area contributed by atoms with Crippen LogP contribution in [-0.4, -0.2) is 63.8 Å². The Balaban J connectivity index is 2.09. The minimum atomic E-state index is -1.00. The second-order valence-corrected chi connectivity index (χ2v) is 8.17. The molecule has 2 aromatic rings. The van der Waals surface area contributed by atoms with Gasteiger partial charge < -0.3 is 26.0 Å². The number of Topliss-reactive ketones (excluding diaryl/α,β-unsaturated/α-hetero) is 1. The summed E-state index contributed by atoms with van der Waals surface area (Å²) in [5.74, 6) is -1.58. The third-order valence-electron chi connectivity index (χ3n) is 5.12. The highest BCUT2D eigenvalue weighted by Gasteiger charge is 2.29. The first-order valence-electron chi connectivity index (χ1n) is 11.0. The van der Waals surface area contributed by atoms with Gasteiger partial charge in [0.1, 0.15) is 19.9 Å². The van der Waals surface area contributed by atoms with Gasteiger partial charge in [0.15, 0.2) is 5.78 Å². The quantitative estimate of drug-likeness (QED) is 0.278.